The van der Waals surface area contributed by atoms with Crippen molar-refractivity contribution in [2.24, 2.45) is 0 Å². The first-order valence-electron chi connectivity index (χ1n) is 7.98. The number of amides is 1. The van der Waals surface area contributed by atoms with Crippen molar-refractivity contribution in [2.45, 2.75) is 33.7 Å². The fourth-order valence-corrected chi connectivity index (χ4v) is 3.45. The van der Waals surface area contributed by atoms with E-state index in [4.69, 9.17) is 4.74 Å². The number of hydrogen-bond acceptors (Lipinski definition) is 8. The van der Waals surface area contributed by atoms with Gasteiger partial charge in [-0.2, -0.15) is 5.10 Å². The molecule has 1 N–H and O–H groups in total. The number of nitro groups is 1. The Morgan fingerprint density at radius 2 is 2.11 bits per heavy atom. The molecule has 0 radical (unpaired) electrons. The van der Waals surface area contributed by atoms with Crippen molar-refractivity contribution in [2.75, 3.05) is 11.9 Å². The molecule has 0 aliphatic rings. The smallest absolute Gasteiger partial charge is 0.341 e. The van der Waals surface area contributed by atoms with Gasteiger partial charge in [0.15, 0.2) is 5.78 Å². The highest BCUT2D eigenvalue weighted by molar-refractivity contribution is 7.18. The minimum Gasteiger partial charge on any atom is -0.462 e. The first-order valence-corrected chi connectivity index (χ1v) is 8.79. The maximum Gasteiger partial charge on any atom is 0.341 e. The lowest BCUT2D eigenvalue weighted by molar-refractivity contribution is -0.385. The van der Waals surface area contributed by atoms with Crippen molar-refractivity contribution in [3.05, 3.63) is 38.5 Å². The molecule has 0 aliphatic carbocycles. The van der Waals surface area contributed by atoms with Crippen LogP contribution in [0.2, 0.25) is 0 Å². The van der Waals surface area contributed by atoms with E-state index in [-0.39, 0.29) is 28.6 Å². The second kappa shape index (κ2) is 8.08. The molecule has 0 saturated carbocycles. The van der Waals surface area contributed by atoms with Gasteiger partial charge in [0.1, 0.15) is 23.4 Å². The zero-order valence-corrected chi connectivity index (χ0v) is 16.0. The van der Waals surface area contributed by atoms with Gasteiger partial charge in [0.25, 0.3) is 0 Å². The summed E-state index contributed by atoms with van der Waals surface area (Å²) in [6.45, 7) is 6.27. The fourth-order valence-electron chi connectivity index (χ4n) is 2.36. The molecule has 144 valence electrons. The molecule has 1 atom stereocenters. The largest absolute Gasteiger partial charge is 0.462 e. The quantitative estimate of drug-likeness (QED) is 0.330. The van der Waals surface area contributed by atoms with Gasteiger partial charge in [0, 0.05) is 0 Å². The molecule has 2 aromatic heterocycles. The number of rotatable bonds is 7. The van der Waals surface area contributed by atoms with Crippen LogP contribution in [0.3, 0.4) is 0 Å². The van der Waals surface area contributed by atoms with E-state index >= 15 is 0 Å². The number of ether oxygens (including phenoxy) is 1. The summed E-state index contributed by atoms with van der Waals surface area (Å²) in [5, 5.41) is 17.4. The third-order valence-corrected chi connectivity index (χ3v) is 5.07. The SMILES string of the molecule is CCOC(=O)c1c(NC(=O)[C@@H](C)n2cc([N+](=O)[O-])cn2)sc(C(C)=O)c1C. The molecule has 0 fully saturated rings. The lowest BCUT2D eigenvalue weighted by Crippen LogP contribution is -2.24. The molecule has 0 aromatic carbocycles. The molecule has 0 spiro atoms. The Balaban J connectivity index is 2.32. The van der Waals surface area contributed by atoms with E-state index in [0.717, 1.165) is 28.4 Å². The normalized spacial score (nSPS) is 11.7. The molecular weight excluding hydrogens is 376 g/mol. The molecule has 2 rings (SSSR count). The second-order valence-corrected chi connectivity index (χ2v) is 6.66. The number of aromatic nitrogens is 2. The van der Waals surface area contributed by atoms with E-state index in [1.54, 1.807) is 13.8 Å². The van der Waals surface area contributed by atoms with Crippen LogP contribution in [0.15, 0.2) is 12.4 Å². The lowest BCUT2D eigenvalue weighted by atomic mass is 10.1. The van der Waals surface area contributed by atoms with Gasteiger partial charge in [0.2, 0.25) is 5.91 Å². The standard InChI is InChI=1S/C16H18N4O6S/c1-5-26-16(23)12-8(2)13(10(4)21)27-15(12)18-14(22)9(3)19-7-11(6-17-19)20(24)25/h6-7,9H,5H2,1-4H3,(H,18,22)/t9-/m1/s1. The number of nitrogens with zero attached hydrogens (tertiary/aromatic N) is 3. The van der Waals surface area contributed by atoms with Gasteiger partial charge in [-0.1, -0.05) is 0 Å². The van der Waals surface area contributed by atoms with Crippen LogP contribution in [-0.2, 0) is 9.53 Å². The van der Waals surface area contributed by atoms with E-state index in [2.05, 4.69) is 10.4 Å². The summed E-state index contributed by atoms with van der Waals surface area (Å²) in [5.74, 6) is -1.43. The maximum atomic E-state index is 12.5. The van der Waals surface area contributed by atoms with Crippen molar-refractivity contribution in [3.63, 3.8) is 0 Å². The van der Waals surface area contributed by atoms with Gasteiger partial charge < -0.3 is 10.1 Å². The van der Waals surface area contributed by atoms with Crippen molar-refractivity contribution in [1.29, 1.82) is 0 Å². The predicted molar refractivity (Wildman–Crippen MR) is 97.2 cm³/mol. The molecule has 11 heteroatoms. The number of nitrogens with one attached hydrogen (secondary N) is 1. The number of carbonyl (C=O) groups excluding carboxylic acids is 3. The van der Waals surface area contributed by atoms with Crippen LogP contribution in [0.1, 0.15) is 52.4 Å². The number of thiophene rings is 1. The Labute approximate surface area is 158 Å². The van der Waals surface area contributed by atoms with Crippen LogP contribution in [0.5, 0.6) is 0 Å². The number of esters is 1. The van der Waals surface area contributed by atoms with Crippen LogP contribution in [0, 0.1) is 17.0 Å². The molecule has 2 aromatic rings. The van der Waals surface area contributed by atoms with Crippen molar-refractivity contribution < 1.29 is 24.0 Å². The summed E-state index contributed by atoms with van der Waals surface area (Å²) in [4.78, 5) is 47.1. The zero-order chi connectivity index (χ0) is 20.3. The van der Waals surface area contributed by atoms with Crippen molar-refractivity contribution in [1.82, 2.24) is 9.78 Å². The molecule has 0 saturated heterocycles. The van der Waals surface area contributed by atoms with Crippen LogP contribution in [-0.4, -0.2) is 39.0 Å². The monoisotopic (exact) mass is 394 g/mol. The van der Waals surface area contributed by atoms with Crippen LogP contribution in [0.4, 0.5) is 10.7 Å². The molecule has 0 bridgehead atoms. The maximum absolute atomic E-state index is 12.5. The summed E-state index contributed by atoms with van der Waals surface area (Å²) in [7, 11) is 0. The molecule has 10 nitrogen and oxygen atoms in total. The van der Waals surface area contributed by atoms with Gasteiger partial charge in [-0.25, -0.2) is 4.79 Å². The highest BCUT2D eigenvalue weighted by atomic mass is 32.1. The molecule has 1 amide bonds. The average molecular weight is 394 g/mol. The van der Waals surface area contributed by atoms with Crippen molar-refractivity contribution in [3.8, 4) is 0 Å². The number of anilines is 1. The molecular formula is C16H18N4O6S. The zero-order valence-electron chi connectivity index (χ0n) is 15.1. The van der Waals surface area contributed by atoms with Gasteiger partial charge in [0.05, 0.1) is 22.0 Å². The molecule has 0 unspecified atom stereocenters. The van der Waals surface area contributed by atoms with E-state index in [1.165, 1.54) is 13.8 Å². The topological polar surface area (TPSA) is 133 Å². The average Bonchev–Trinajstić information content (AvgIpc) is 3.19. The van der Waals surface area contributed by atoms with E-state index in [1.807, 2.05) is 0 Å². The molecule has 2 heterocycles. The third-order valence-electron chi connectivity index (χ3n) is 3.76. The fraction of sp³-hybridized carbons (Fsp3) is 0.375. The van der Waals surface area contributed by atoms with E-state index in [9.17, 15) is 24.5 Å². The van der Waals surface area contributed by atoms with E-state index < -0.39 is 22.8 Å². The minimum absolute atomic E-state index is 0.124. The van der Waals surface area contributed by atoms with Gasteiger partial charge in [-0.3, -0.25) is 24.4 Å². The van der Waals surface area contributed by atoms with Crippen LogP contribution >= 0.6 is 11.3 Å². The summed E-state index contributed by atoms with van der Waals surface area (Å²) in [5.41, 5.74) is 0.315. The van der Waals surface area contributed by atoms with E-state index in [0.29, 0.717) is 10.4 Å². The van der Waals surface area contributed by atoms with Gasteiger partial charge in [-0.15, -0.1) is 11.3 Å². The minimum atomic E-state index is -0.878. The number of carbonyl (C=O) groups is 3. The van der Waals surface area contributed by atoms with Gasteiger partial charge >= 0.3 is 11.7 Å². The molecule has 27 heavy (non-hydrogen) atoms. The first kappa shape index (κ1) is 20.2. The Morgan fingerprint density at radius 1 is 1.44 bits per heavy atom. The van der Waals surface area contributed by atoms with Crippen molar-refractivity contribution >= 4 is 39.7 Å². The predicted octanol–water partition coefficient (Wildman–Crippen LogP) is 2.74. The third kappa shape index (κ3) is 4.19. The first-order chi connectivity index (χ1) is 12.7. The Bertz CT molecular complexity index is 916. The molecule has 0 aliphatic heterocycles. The Hall–Kier alpha value is -3.08. The summed E-state index contributed by atoms with van der Waals surface area (Å²) in [6, 6.07) is -0.878. The van der Waals surface area contributed by atoms with Crippen LogP contribution < -0.4 is 5.32 Å². The Kier molecular flexibility index (Phi) is 6.05. The lowest BCUT2D eigenvalue weighted by Gasteiger charge is -2.12. The summed E-state index contributed by atoms with van der Waals surface area (Å²) < 4.78 is 6.15. The summed E-state index contributed by atoms with van der Waals surface area (Å²) >= 11 is 0.979. The van der Waals surface area contributed by atoms with Crippen LogP contribution in [0.25, 0.3) is 0 Å². The van der Waals surface area contributed by atoms with Gasteiger partial charge in [-0.05, 0) is 33.3 Å². The number of ketones is 1. The Morgan fingerprint density at radius 3 is 2.63 bits per heavy atom. The number of hydrogen-bond donors (Lipinski definition) is 1. The highest BCUT2D eigenvalue weighted by Gasteiger charge is 2.27. The summed E-state index contributed by atoms with van der Waals surface area (Å²) in [6.07, 6.45) is 2.17. The highest BCUT2D eigenvalue weighted by Crippen LogP contribution is 2.34. The number of Topliss-reactive ketones (excluding diaryl/α,β-unsaturated/α-hetero) is 1. The second-order valence-electron chi connectivity index (χ2n) is 5.64.